The van der Waals surface area contributed by atoms with Gasteiger partial charge in [-0.3, -0.25) is 0 Å². The minimum atomic E-state index is -2.94. The summed E-state index contributed by atoms with van der Waals surface area (Å²) in [5.74, 6) is -0.441. The fraction of sp³-hybridized carbons (Fsp3) is 0.167. The van der Waals surface area contributed by atoms with Crippen molar-refractivity contribution in [2.75, 3.05) is 13.2 Å². The summed E-state index contributed by atoms with van der Waals surface area (Å²) in [7, 11) is -2.94. The van der Waals surface area contributed by atoms with Gasteiger partial charge in [0.1, 0.15) is 21.5 Å². The first-order chi connectivity index (χ1) is 14.2. The largest absolute Gasteiger partial charge is 0.466 e. The van der Waals surface area contributed by atoms with Gasteiger partial charge >= 0.3 is 11.7 Å². The van der Waals surface area contributed by atoms with Crippen molar-refractivity contribution in [2.24, 2.45) is 0 Å². The van der Waals surface area contributed by atoms with Crippen LogP contribution in [0.1, 0.15) is 24.2 Å². The smallest absolute Gasteiger partial charge is 0.462 e. The Kier molecular flexibility index (Phi) is 6.79. The maximum atomic E-state index is 13.7. The van der Waals surface area contributed by atoms with Crippen LogP contribution < -0.4 is 15.9 Å². The second kappa shape index (κ2) is 9.49. The number of hydrogen-bond acceptors (Lipinski definition) is 4. The summed E-state index contributed by atoms with van der Waals surface area (Å²) < 4.78 is 10.9. The lowest BCUT2D eigenvalue weighted by atomic mass is 10.2. The molecule has 148 valence electrons. The molecule has 0 aromatic heterocycles. The summed E-state index contributed by atoms with van der Waals surface area (Å²) in [5.41, 5.74) is 0.0672. The lowest BCUT2D eigenvalue weighted by Crippen LogP contribution is -2.39. The first-order valence-corrected chi connectivity index (χ1v) is 11.4. The van der Waals surface area contributed by atoms with Crippen molar-refractivity contribution in [3.05, 3.63) is 90.5 Å². The van der Waals surface area contributed by atoms with Gasteiger partial charge in [-0.1, -0.05) is 48.5 Å². The second-order valence-corrected chi connectivity index (χ2v) is 9.50. The Labute approximate surface area is 171 Å². The molecule has 0 bridgehead atoms. The molecule has 0 saturated carbocycles. The van der Waals surface area contributed by atoms with Gasteiger partial charge in [-0.25, -0.2) is 9.59 Å². The summed E-state index contributed by atoms with van der Waals surface area (Å²) in [5, 5.41) is 2.32. The Balaban J connectivity index is 2.41. The molecule has 3 rings (SSSR count). The van der Waals surface area contributed by atoms with Crippen LogP contribution >= 0.6 is 7.26 Å². The summed E-state index contributed by atoms with van der Waals surface area (Å²) in [6, 6.07) is 26.3. The number of carbonyl (C=O) groups excluding carboxylic acids is 2. The van der Waals surface area contributed by atoms with Gasteiger partial charge in [0.15, 0.2) is 0 Å². The van der Waals surface area contributed by atoms with Crippen molar-refractivity contribution < 1.29 is 19.1 Å². The minimum Gasteiger partial charge on any atom is -0.462 e. The Morgan fingerprint density at radius 3 is 1.69 bits per heavy atom. The highest BCUT2D eigenvalue weighted by Gasteiger charge is 2.57. The second-order valence-electron chi connectivity index (χ2n) is 6.28. The molecule has 3 aromatic rings. The Morgan fingerprint density at radius 2 is 1.17 bits per heavy atom. The third-order valence-electron chi connectivity index (χ3n) is 4.59. The molecule has 0 aliphatic carbocycles. The normalized spacial score (nSPS) is 11.0. The van der Waals surface area contributed by atoms with Crippen LogP contribution in [0.2, 0.25) is 0 Å². The van der Waals surface area contributed by atoms with Gasteiger partial charge in [-0.05, 0) is 50.2 Å². The number of ether oxygens (including phenoxy) is 2. The first-order valence-electron chi connectivity index (χ1n) is 9.60. The van der Waals surface area contributed by atoms with Gasteiger partial charge in [-0.2, -0.15) is 0 Å². The average molecular weight is 407 g/mol. The molecule has 29 heavy (non-hydrogen) atoms. The van der Waals surface area contributed by atoms with Crippen LogP contribution in [-0.4, -0.2) is 24.9 Å². The SMILES string of the molecule is CCOC(=O)c1ccccc1[P+](C(=O)OCC)(c1ccccc1)c1ccccc1. The van der Waals surface area contributed by atoms with E-state index in [1.165, 1.54) is 0 Å². The molecule has 3 aromatic carbocycles. The molecule has 0 N–H and O–H groups in total. The molecular weight excluding hydrogens is 383 g/mol. The molecule has 4 nitrogen and oxygen atoms in total. The fourth-order valence-corrected chi connectivity index (χ4v) is 7.28. The van der Waals surface area contributed by atoms with Crippen LogP contribution in [0.4, 0.5) is 4.79 Å². The minimum absolute atomic E-state index is 0.252. The molecule has 0 unspecified atom stereocenters. The number of rotatable bonds is 7. The summed E-state index contributed by atoms with van der Waals surface area (Å²) >= 11 is 0. The standard InChI is InChI=1S/C24H24O4P/c1-3-27-23(25)21-17-11-12-18-22(21)29(24(26)28-4-2,19-13-7-5-8-14-19)20-15-9-6-10-16-20/h5-18H,3-4H2,1-2H3/q+1. The molecule has 0 amide bonds. The van der Waals surface area contributed by atoms with Crippen molar-refractivity contribution >= 4 is 34.9 Å². The van der Waals surface area contributed by atoms with E-state index in [0.717, 1.165) is 10.6 Å². The van der Waals surface area contributed by atoms with Crippen molar-refractivity contribution in [3.8, 4) is 0 Å². The van der Waals surface area contributed by atoms with Crippen molar-refractivity contribution in [1.29, 1.82) is 0 Å². The van der Waals surface area contributed by atoms with E-state index in [1.54, 1.807) is 26.0 Å². The third kappa shape index (κ3) is 3.94. The topological polar surface area (TPSA) is 52.6 Å². The number of esters is 1. The zero-order chi connectivity index (χ0) is 20.7. The number of hydrogen-bond donors (Lipinski definition) is 0. The molecule has 0 heterocycles. The summed E-state index contributed by atoms with van der Waals surface area (Å²) in [6.07, 6.45) is 0. The Hall–Kier alpha value is -2.97. The molecule has 0 atom stereocenters. The van der Waals surface area contributed by atoms with Crippen LogP contribution in [0, 0.1) is 0 Å². The maximum Gasteiger partial charge on any atom is 0.466 e. The van der Waals surface area contributed by atoms with Crippen molar-refractivity contribution in [3.63, 3.8) is 0 Å². The van der Waals surface area contributed by atoms with E-state index in [0.29, 0.717) is 10.9 Å². The van der Waals surface area contributed by atoms with E-state index in [1.807, 2.05) is 72.8 Å². The lowest BCUT2D eigenvalue weighted by Gasteiger charge is -2.25. The predicted octanol–water partition coefficient (Wildman–Crippen LogP) is 4.31. The van der Waals surface area contributed by atoms with E-state index in [-0.39, 0.29) is 18.9 Å². The molecule has 0 spiro atoms. The predicted molar refractivity (Wildman–Crippen MR) is 118 cm³/mol. The van der Waals surface area contributed by atoms with Gasteiger partial charge in [0.2, 0.25) is 7.26 Å². The monoisotopic (exact) mass is 407 g/mol. The molecule has 0 radical (unpaired) electrons. The molecular formula is C24H24O4P+. The molecule has 0 saturated heterocycles. The van der Waals surface area contributed by atoms with Gasteiger partial charge < -0.3 is 9.47 Å². The Bertz CT molecular complexity index is 931. The van der Waals surface area contributed by atoms with Crippen molar-refractivity contribution in [1.82, 2.24) is 0 Å². The molecule has 5 heteroatoms. The van der Waals surface area contributed by atoms with Gasteiger partial charge in [-0.15, -0.1) is 0 Å². The highest BCUT2D eigenvalue weighted by Crippen LogP contribution is 2.57. The van der Waals surface area contributed by atoms with Gasteiger partial charge in [0.05, 0.1) is 13.2 Å². The number of benzene rings is 3. The third-order valence-corrected chi connectivity index (χ3v) is 8.52. The van der Waals surface area contributed by atoms with Crippen molar-refractivity contribution in [2.45, 2.75) is 13.8 Å². The van der Waals surface area contributed by atoms with E-state index >= 15 is 0 Å². The zero-order valence-corrected chi connectivity index (χ0v) is 17.5. The lowest BCUT2D eigenvalue weighted by molar-refractivity contribution is 0.0528. The van der Waals surface area contributed by atoms with E-state index < -0.39 is 13.2 Å². The van der Waals surface area contributed by atoms with Gasteiger partial charge in [0, 0.05) is 0 Å². The quantitative estimate of drug-likeness (QED) is 0.433. The highest BCUT2D eigenvalue weighted by molar-refractivity contribution is 8.08. The van der Waals surface area contributed by atoms with Crippen LogP contribution in [0.25, 0.3) is 0 Å². The first kappa shape index (κ1) is 20.8. The van der Waals surface area contributed by atoms with Crippen LogP contribution in [-0.2, 0) is 9.47 Å². The molecule has 0 aliphatic rings. The average Bonchev–Trinajstić information content (AvgIpc) is 2.76. The maximum absolute atomic E-state index is 13.7. The zero-order valence-electron chi connectivity index (χ0n) is 16.6. The van der Waals surface area contributed by atoms with Crippen LogP contribution in [0.5, 0.6) is 0 Å². The Morgan fingerprint density at radius 1 is 0.690 bits per heavy atom. The fourth-order valence-electron chi connectivity index (χ4n) is 3.41. The molecule has 0 fully saturated rings. The highest BCUT2D eigenvalue weighted by atomic mass is 31.2. The van der Waals surface area contributed by atoms with E-state index in [2.05, 4.69) is 0 Å². The number of carbonyl (C=O) groups is 2. The summed E-state index contributed by atoms with van der Waals surface area (Å²) in [4.78, 5) is 26.5. The van der Waals surface area contributed by atoms with E-state index in [4.69, 9.17) is 9.47 Å². The van der Waals surface area contributed by atoms with Crippen LogP contribution in [0.3, 0.4) is 0 Å². The van der Waals surface area contributed by atoms with Crippen LogP contribution in [0.15, 0.2) is 84.9 Å². The van der Waals surface area contributed by atoms with E-state index in [9.17, 15) is 9.59 Å². The van der Waals surface area contributed by atoms with Gasteiger partial charge in [0.25, 0.3) is 0 Å². The summed E-state index contributed by atoms with van der Waals surface area (Å²) in [6.45, 7) is 4.07. The molecule has 0 aliphatic heterocycles.